The average molecular weight is 572 g/mol. The molecule has 0 aliphatic heterocycles. The second-order valence-corrected chi connectivity index (χ2v) is 11.2. The summed E-state index contributed by atoms with van der Waals surface area (Å²) in [6, 6.07) is 10.2. The SMILES string of the molecule is CC[C@@H](C(=O)NC(C)C)N(Cc1c(Cl)cccc1Cl)C(=O)COc1ccc(C(C)(C)C)cc1Br. The quantitative estimate of drug-likeness (QED) is 0.361. The van der Waals surface area contributed by atoms with Gasteiger partial charge in [0.15, 0.2) is 6.61 Å². The zero-order chi connectivity index (χ0) is 25.6. The van der Waals surface area contributed by atoms with Gasteiger partial charge in [0.1, 0.15) is 11.8 Å². The van der Waals surface area contributed by atoms with E-state index in [-0.39, 0.29) is 36.4 Å². The molecule has 0 fully saturated rings. The number of amides is 2. The first-order chi connectivity index (χ1) is 15.8. The smallest absolute Gasteiger partial charge is 0.261 e. The summed E-state index contributed by atoms with van der Waals surface area (Å²) in [4.78, 5) is 27.8. The standard InChI is InChI=1S/C26H33BrCl2N2O3/c1-7-22(25(33)30-16(2)3)31(14-18-20(28)9-8-10-21(18)29)24(32)15-34-23-12-11-17(13-19(23)27)26(4,5)6/h8-13,16,22H,7,14-15H2,1-6H3,(H,30,33)/t22-/m0/s1. The van der Waals surface area contributed by atoms with E-state index in [9.17, 15) is 9.59 Å². The van der Waals surface area contributed by atoms with Crippen LogP contribution in [0.3, 0.4) is 0 Å². The Morgan fingerprint density at radius 1 is 1.12 bits per heavy atom. The van der Waals surface area contributed by atoms with Crippen LogP contribution in [-0.4, -0.2) is 35.4 Å². The highest BCUT2D eigenvalue weighted by Crippen LogP contribution is 2.32. The van der Waals surface area contributed by atoms with Crippen LogP contribution in [0.5, 0.6) is 5.75 Å². The molecule has 0 saturated carbocycles. The molecular formula is C26H33BrCl2N2O3. The van der Waals surface area contributed by atoms with Crippen molar-refractivity contribution in [3.8, 4) is 5.75 Å². The van der Waals surface area contributed by atoms with Gasteiger partial charge in [-0.1, -0.05) is 63.0 Å². The van der Waals surface area contributed by atoms with Gasteiger partial charge in [0.2, 0.25) is 5.91 Å². The third-order valence-electron chi connectivity index (χ3n) is 5.36. The number of halogens is 3. The Balaban J connectivity index is 2.30. The first-order valence-corrected chi connectivity index (χ1v) is 12.9. The molecule has 0 aromatic heterocycles. The Kier molecular flexibility index (Phi) is 10.3. The molecule has 1 N–H and O–H groups in total. The van der Waals surface area contributed by atoms with Crippen molar-refractivity contribution in [2.75, 3.05) is 6.61 Å². The number of carbonyl (C=O) groups excluding carboxylic acids is 2. The number of benzene rings is 2. The van der Waals surface area contributed by atoms with E-state index < -0.39 is 6.04 Å². The molecule has 1 atom stereocenters. The fourth-order valence-electron chi connectivity index (χ4n) is 3.46. The minimum Gasteiger partial charge on any atom is -0.483 e. The molecule has 34 heavy (non-hydrogen) atoms. The van der Waals surface area contributed by atoms with Crippen LogP contribution in [0.1, 0.15) is 59.1 Å². The van der Waals surface area contributed by atoms with Gasteiger partial charge in [0.25, 0.3) is 5.91 Å². The van der Waals surface area contributed by atoms with E-state index in [4.69, 9.17) is 27.9 Å². The van der Waals surface area contributed by atoms with Crippen LogP contribution in [0.25, 0.3) is 0 Å². The number of hydrogen-bond donors (Lipinski definition) is 1. The second kappa shape index (κ2) is 12.3. The molecule has 0 radical (unpaired) electrons. The topological polar surface area (TPSA) is 58.6 Å². The van der Waals surface area contributed by atoms with Crippen molar-refractivity contribution in [2.24, 2.45) is 0 Å². The lowest BCUT2D eigenvalue weighted by molar-refractivity contribution is -0.143. The summed E-state index contributed by atoms with van der Waals surface area (Å²) in [6.07, 6.45) is 0.427. The van der Waals surface area contributed by atoms with E-state index in [2.05, 4.69) is 42.0 Å². The summed E-state index contributed by atoms with van der Waals surface area (Å²) in [6.45, 7) is 11.9. The maximum atomic E-state index is 13.4. The van der Waals surface area contributed by atoms with Crippen molar-refractivity contribution in [3.05, 3.63) is 62.0 Å². The van der Waals surface area contributed by atoms with Crippen LogP contribution >= 0.6 is 39.1 Å². The van der Waals surface area contributed by atoms with Gasteiger partial charge in [-0.3, -0.25) is 9.59 Å². The number of nitrogens with one attached hydrogen (secondary N) is 1. The molecule has 0 aliphatic rings. The van der Waals surface area contributed by atoms with Crippen LogP contribution in [0.2, 0.25) is 10.0 Å². The molecule has 2 aromatic carbocycles. The maximum absolute atomic E-state index is 13.4. The van der Waals surface area contributed by atoms with Crippen molar-refractivity contribution < 1.29 is 14.3 Å². The Morgan fingerprint density at radius 2 is 1.74 bits per heavy atom. The van der Waals surface area contributed by atoms with Crippen LogP contribution < -0.4 is 10.1 Å². The van der Waals surface area contributed by atoms with Crippen molar-refractivity contribution >= 4 is 50.9 Å². The zero-order valence-corrected chi connectivity index (χ0v) is 23.6. The van der Waals surface area contributed by atoms with Crippen molar-refractivity contribution in [1.29, 1.82) is 0 Å². The van der Waals surface area contributed by atoms with E-state index in [1.54, 1.807) is 18.2 Å². The van der Waals surface area contributed by atoms with E-state index in [1.807, 2.05) is 39.0 Å². The number of hydrogen-bond acceptors (Lipinski definition) is 3. The van der Waals surface area contributed by atoms with Crippen LogP contribution in [0, 0.1) is 0 Å². The van der Waals surface area contributed by atoms with E-state index in [0.717, 1.165) is 10.0 Å². The number of rotatable bonds is 9. The molecule has 186 valence electrons. The van der Waals surface area contributed by atoms with Gasteiger partial charge in [-0.2, -0.15) is 0 Å². The van der Waals surface area contributed by atoms with Gasteiger partial charge in [-0.15, -0.1) is 0 Å². The molecule has 5 nitrogen and oxygen atoms in total. The van der Waals surface area contributed by atoms with Crippen molar-refractivity contribution in [3.63, 3.8) is 0 Å². The monoisotopic (exact) mass is 570 g/mol. The first kappa shape index (κ1) is 28.5. The van der Waals surface area contributed by atoms with Crippen LogP contribution in [0.4, 0.5) is 0 Å². The number of nitrogens with zero attached hydrogens (tertiary/aromatic N) is 1. The lowest BCUT2D eigenvalue weighted by Crippen LogP contribution is -2.51. The fourth-order valence-corrected chi connectivity index (χ4v) is 4.47. The molecule has 8 heteroatoms. The minimum atomic E-state index is -0.697. The first-order valence-electron chi connectivity index (χ1n) is 11.3. The third kappa shape index (κ3) is 7.62. The minimum absolute atomic E-state index is 0.0139. The fraction of sp³-hybridized carbons (Fsp3) is 0.462. The number of carbonyl (C=O) groups is 2. The van der Waals surface area contributed by atoms with Gasteiger partial charge in [0.05, 0.1) is 4.47 Å². The summed E-state index contributed by atoms with van der Waals surface area (Å²) < 4.78 is 6.63. The molecule has 0 bridgehead atoms. The summed E-state index contributed by atoms with van der Waals surface area (Å²) in [5.74, 6) is -0.0185. The normalized spacial score (nSPS) is 12.4. The third-order valence-corrected chi connectivity index (χ3v) is 6.68. The van der Waals surface area contributed by atoms with E-state index in [0.29, 0.717) is 27.8 Å². The maximum Gasteiger partial charge on any atom is 0.261 e. The van der Waals surface area contributed by atoms with Crippen molar-refractivity contribution in [2.45, 2.75) is 72.0 Å². The molecule has 0 saturated heterocycles. The molecule has 0 heterocycles. The molecule has 0 unspecified atom stereocenters. The van der Waals surface area contributed by atoms with Gasteiger partial charge in [-0.25, -0.2) is 0 Å². The van der Waals surface area contributed by atoms with E-state index >= 15 is 0 Å². The Morgan fingerprint density at radius 3 is 2.24 bits per heavy atom. The average Bonchev–Trinajstić information content (AvgIpc) is 2.73. The molecule has 0 spiro atoms. The molecule has 2 rings (SSSR count). The predicted octanol–water partition coefficient (Wildman–Crippen LogP) is 6.76. The van der Waals surface area contributed by atoms with Gasteiger partial charge >= 0.3 is 0 Å². The van der Waals surface area contributed by atoms with E-state index in [1.165, 1.54) is 4.90 Å². The zero-order valence-electron chi connectivity index (χ0n) is 20.5. The second-order valence-electron chi connectivity index (χ2n) is 9.49. The molecular weight excluding hydrogens is 539 g/mol. The summed E-state index contributed by atoms with van der Waals surface area (Å²) in [5, 5.41) is 3.77. The summed E-state index contributed by atoms with van der Waals surface area (Å²) in [5.41, 5.74) is 1.72. The van der Waals surface area contributed by atoms with Gasteiger partial charge < -0.3 is 15.0 Å². The van der Waals surface area contributed by atoms with Crippen LogP contribution in [-0.2, 0) is 21.5 Å². The van der Waals surface area contributed by atoms with Crippen molar-refractivity contribution in [1.82, 2.24) is 10.2 Å². The summed E-state index contributed by atoms with van der Waals surface area (Å²) in [7, 11) is 0. The lowest BCUT2D eigenvalue weighted by atomic mass is 9.87. The molecule has 0 aliphatic carbocycles. The largest absolute Gasteiger partial charge is 0.483 e. The highest BCUT2D eigenvalue weighted by atomic mass is 79.9. The predicted molar refractivity (Wildman–Crippen MR) is 143 cm³/mol. The Bertz CT molecular complexity index is 1000. The van der Waals surface area contributed by atoms with Gasteiger partial charge in [0, 0.05) is 28.2 Å². The van der Waals surface area contributed by atoms with Gasteiger partial charge in [-0.05, 0) is 71.4 Å². The lowest BCUT2D eigenvalue weighted by Gasteiger charge is -2.31. The Labute approximate surface area is 221 Å². The highest BCUT2D eigenvalue weighted by molar-refractivity contribution is 9.10. The molecule has 2 amide bonds. The number of ether oxygens (including phenoxy) is 1. The highest BCUT2D eigenvalue weighted by Gasteiger charge is 2.30. The van der Waals surface area contributed by atoms with Crippen LogP contribution in [0.15, 0.2) is 40.9 Å². The summed E-state index contributed by atoms with van der Waals surface area (Å²) >= 11 is 16.3. The Hall–Kier alpha value is -1.76. The molecule has 2 aromatic rings.